The molecule has 60 heavy (non-hydrogen) atoms. The van der Waals surface area contributed by atoms with Crippen LogP contribution in [0.1, 0.15) is 17.3 Å². The number of thiophene rings is 1. The third-order valence-corrected chi connectivity index (χ3v) is 12.5. The Morgan fingerprint density at radius 2 is 1.08 bits per heavy atom. The summed E-state index contributed by atoms with van der Waals surface area (Å²) in [6.07, 6.45) is -0.320. The minimum absolute atomic E-state index is 0. The molecule has 1 N–H and O–H groups in total. The fourth-order valence-electron chi connectivity index (χ4n) is 8.88. The molecule has 12 rings (SSSR count). The van der Waals surface area contributed by atoms with Gasteiger partial charge in [-0.1, -0.05) is 146 Å². The van der Waals surface area contributed by atoms with E-state index in [0.717, 1.165) is 33.8 Å². The first kappa shape index (κ1) is 37.5. The largest absolute Gasteiger partial charge is 0.330 e. The number of nitrogens with zero attached hydrogens (tertiary/aromatic N) is 4. The van der Waals surface area contributed by atoms with E-state index in [1.807, 2.05) is 35.6 Å². The number of hydrogen-bond acceptors (Lipinski definition) is 4. The topological polar surface area (TPSA) is 46.6 Å². The lowest BCUT2D eigenvalue weighted by Gasteiger charge is -2.25. The van der Waals surface area contributed by atoms with Crippen molar-refractivity contribution in [3.8, 4) is 16.8 Å². The molecule has 4 heterocycles. The van der Waals surface area contributed by atoms with E-state index in [1.54, 1.807) is 0 Å². The van der Waals surface area contributed by atoms with Crippen molar-refractivity contribution in [2.75, 3.05) is 0 Å². The molecule has 1 aliphatic rings. The molecule has 0 bridgehead atoms. The Hall–Kier alpha value is -6.81. The molecule has 1 aliphatic heterocycles. The monoisotopic (exact) mass is 903 g/mol. The molecule has 0 fully saturated rings. The average molecular weight is 904 g/mol. The standard InChI is InChI=1S/C51H33N5S.C2H4.HI/c1-4-15-32(16-5-1)35-21-14-22-36(31-35)55-41-26-13-11-24-39(41)45-42(55)28-30-43-46(45)47-44(57-43)29-27-38-37-23-10-12-25-40(37)56(48(38)47)51-53-49(33-17-6-2-7-18-33)52-50(54-51)34-19-8-3-9-20-34;1-2;/h1-31,49H,(H,52,53,54);1-2H2;1H. The number of fused-ring (bicyclic) bond motifs is 11. The second-order valence-electron chi connectivity index (χ2n) is 14.6. The molecule has 0 saturated carbocycles. The fourth-order valence-corrected chi connectivity index (χ4v) is 10.0. The van der Waals surface area contributed by atoms with E-state index in [9.17, 15) is 0 Å². The SMILES string of the molecule is C=C.I.c1ccc(C2=NC(c3ccccc3)NC(n3c4ccccc4c4ccc5sc6ccc7c(c8ccccc8n7-c7cccc(-c8ccccc8)c7)c6c5c43)=N2)cc1. The number of nitrogens with one attached hydrogen (secondary N) is 1. The highest BCUT2D eigenvalue weighted by Gasteiger charge is 2.27. The summed E-state index contributed by atoms with van der Waals surface area (Å²) in [4.78, 5) is 10.5. The summed E-state index contributed by atoms with van der Waals surface area (Å²) >= 11 is 1.86. The fraction of sp³-hybridized carbons (Fsp3) is 0.0189. The number of aliphatic imine (C=N–C) groups is 2. The summed E-state index contributed by atoms with van der Waals surface area (Å²) in [6.45, 7) is 6.00. The summed E-state index contributed by atoms with van der Waals surface area (Å²) in [5.41, 5.74) is 10.2. The van der Waals surface area contributed by atoms with Crippen LogP contribution in [0.4, 0.5) is 0 Å². The van der Waals surface area contributed by atoms with Crippen molar-refractivity contribution >= 4 is 111 Å². The van der Waals surface area contributed by atoms with Crippen LogP contribution in [0, 0.1) is 0 Å². The number of rotatable bonds is 4. The van der Waals surface area contributed by atoms with Crippen LogP contribution in [0.3, 0.4) is 0 Å². The maximum atomic E-state index is 5.35. The Balaban J connectivity index is 0.00000142. The van der Waals surface area contributed by atoms with Crippen LogP contribution in [-0.2, 0) is 0 Å². The molecule has 0 amide bonds. The molecule has 0 radical (unpaired) electrons. The molecule has 5 nitrogen and oxygen atoms in total. The number of aromatic nitrogens is 2. The zero-order valence-electron chi connectivity index (χ0n) is 32.5. The van der Waals surface area contributed by atoms with Gasteiger partial charge in [0.25, 0.3) is 0 Å². The van der Waals surface area contributed by atoms with Crippen molar-refractivity contribution in [2.45, 2.75) is 6.17 Å². The summed E-state index contributed by atoms with van der Waals surface area (Å²) < 4.78 is 7.30. The molecule has 7 heteroatoms. The van der Waals surface area contributed by atoms with Gasteiger partial charge in [-0.15, -0.1) is 48.5 Å². The first-order valence-electron chi connectivity index (χ1n) is 19.8. The molecular weight excluding hydrogens is 866 g/mol. The normalized spacial score (nSPS) is 13.8. The minimum Gasteiger partial charge on any atom is -0.330 e. The minimum atomic E-state index is -0.320. The molecule has 0 spiro atoms. The zero-order valence-corrected chi connectivity index (χ0v) is 35.6. The highest BCUT2D eigenvalue weighted by atomic mass is 127. The molecule has 0 aliphatic carbocycles. The van der Waals surface area contributed by atoms with E-state index in [1.165, 1.54) is 63.9 Å². The second kappa shape index (κ2) is 15.4. The summed E-state index contributed by atoms with van der Waals surface area (Å²) in [7, 11) is 0. The predicted octanol–water partition coefficient (Wildman–Crippen LogP) is 14.3. The van der Waals surface area contributed by atoms with Gasteiger partial charge in [-0.3, -0.25) is 4.57 Å². The van der Waals surface area contributed by atoms with Gasteiger partial charge in [0.15, 0.2) is 5.84 Å². The molecule has 8 aromatic carbocycles. The lowest BCUT2D eigenvalue weighted by Crippen LogP contribution is -2.37. The Morgan fingerprint density at radius 1 is 0.483 bits per heavy atom. The highest BCUT2D eigenvalue weighted by molar-refractivity contribution is 14.0. The number of amidine groups is 1. The molecule has 0 saturated heterocycles. The maximum Gasteiger partial charge on any atom is 0.211 e. The molecule has 288 valence electrons. The lowest BCUT2D eigenvalue weighted by atomic mass is 10.0. The van der Waals surface area contributed by atoms with Gasteiger partial charge in [0, 0.05) is 53.0 Å². The Bertz CT molecular complexity index is 3450. The van der Waals surface area contributed by atoms with E-state index >= 15 is 0 Å². The summed E-state index contributed by atoms with van der Waals surface area (Å²) in [5, 5.41) is 11.2. The third-order valence-electron chi connectivity index (χ3n) is 11.4. The smallest absolute Gasteiger partial charge is 0.211 e. The summed E-state index contributed by atoms with van der Waals surface area (Å²) in [5.74, 6) is 1.46. The van der Waals surface area contributed by atoms with E-state index in [0.29, 0.717) is 5.84 Å². The van der Waals surface area contributed by atoms with Crippen molar-refractivity contribution in [3.63, 3.8) is 0 Å². The van der Waals surface area contributed by atoms with Gasteiger partial charge in [-0.05, 0) is 59.2 Å². The van der Waals surface area contributed by atoms with Crippen LogP contribution in [0.5, 0.6) is 0 Å². The van der Waals surface area contributed by atoms with E-state index < -0.39 is 0 Å². The van der Waals surface area contributed by atoms with Gasteiger partial charge < -0.3 is 9.88 Å². The lowest BCUT2D eigenvalue weighted by molar-refractivity contribution is 0.661. The van der Waals surface area contributed by atoms with E-state index in [-0.39, 0.29) is 30.1 Å². The maximum absolute atomic E-state index is 5.35. The zero-order chi connectivity index (χ0) is 39.5. The van der Waals surface area contributed by atoms with E-state index in [4.69, 9.17) is 9.98 Å². The molecule has 11 aromatic rings. The van der Waals surface area contributed by atoms with Crippen LogP contribution in [0.2, 0.25) is 0 Å². The molecular formula is C53H38IN5S. The number of benzene rings is 8. The van der Waals surface area contributed by atoms with E-state index in [2.05, 4.69) is 191 Å². The van der Waals surface area contributed by atoms with Crippen molar-refractivity contribution < 1.29 is 0 Å². The molecule has 1 atom stereocenters. The Labute approximate surface area is 368 Å². The van der Waals surface area contributed by atoms with Crippen molar-refractivity contribution in [1.82, 2.24) is 14.5 Å². The average Bonchev–Trinajstić information content (AvgIpc) is 3.98. The van der Waals surface area contributed by atoms with Gasteiger partial charge in [-0.25, -0.2) is 4.99 Å². The van der Waals surface area contributed by atoms with Gasteiger partial charge in [0.2, 0.25) is 5.96 Å². The van der Waals surface area contributed by atoms with Crippen molar-refractivity contribution in [1.29, 1.82) is 0 Å². The summed E-state index contributed by atoms with van der Waals surface area (Å²) in [6, 6.07) is 67.1. The number of para-hydroxylation sites is 2. The van der Waals surface area contributed by atoms with Gasteiger partial charge in [0.1, 0.15) is 6.17 Å². The highest BCUT2D eigenvalue weighted by Crippen LogP contribution is 2.47. The number of halogens is 1. The van der Waals surface area contributed by atoms with Gasteiger partial charge >= 0.3 is 0 Å². The number of hydrogen-bond donors (Lipinski definition) is 1. The Morgan fingerprint density at radius 3 is 1.83 bits per heavy atom. The first-order valence-corrected chi connectivity index (χ1v) is 20.6. The quantitative estimate of drug-likeness (QED) is 0.139. The third kappa shape index (κ3) is 5.95. The molecule has 1 unspecified atom stereocenters. The van der Waals surface area contributed by atoms with Crippen LogP contribution < -0.4 is 5.32 Å². The van der Waals surface area contributed by atoms with Gasteiger partial charge in [0.05, 0.1) is 22.1 Å². The van der Waals surface area contributed by atoms with Crippen LogP contribution in [-0.4, -0.2) is 20.9 Å². The molecule has 3 aromatic heterocycles. The Kier molecular flexibility index (Phi) is 9.62. The van der Waals surface area contributed by atoms with Crippen LogP contribution in [0.15, 0.2) is 211 Å². The van der Waals surface area contributed by atoms with Crippen molar-refractivity contribution in [3.05, 3.63) is 212 Å². The first-order chi connectivity index (χ1) is 29.3. The predicted molar refractivity (Wildman–Crippen MR) is 267 cm³/mol. The van der Waals surface area contributed by atoms with Crippen molar-refractivity contribution in [2.24, 2.45) is 9.98 Å². The van der Waals surface area contributed by atoms with Gasteiger partial charge in [-0.2, -0.15) is 4.99 Å². The van der Waals surface area contributed by atoms with Crippen LogP contribution >= 0.6 is 35.3 Å². The second-order valence-corrected chi connectivity index (χ2v) is 15.7. The van der Waals surface area contributed by atoms with Crippen LogP contribution in [0.25, 0.3) is 80.6 Å².